The van der Waals surface area contributed by atoms with Gasteiger partial charge in [-0.25, -0.2) is 28.8 Å². The number of hydrogen-bond donors (Lipinski definition) is 3. The number of carboxylic acids is 3. The molecule has 0 aromatic rings. The minimum Gasteiger partial charge on any atom is -0.478 e. The zero-order chi connectivity index (χ0) is 51.3. The van der Waals surface area contributed by atoms with Crippen LogP contribution >= 0.6 is 0 Å². The summed E-state index contributed by atoms with van der Waals surface area (Å²) in [7, 11) is 0. The summed E-state index contributed by atoms with van der Waals surface area (Å²) in [5.41, 5.74) is -2.14. The number of carbonyl (C=O) groups is 6. The highest BCUT2D eigenvalue weighted by atomic mass is 16.6. The summed E-state index contributed by atoms with van der Waals surface area (Å²) in [6.45, 7) is 21.2. The second kappa shape index (κ2) is 21.4. The number of ether oxygens (including phenoxy) is 3. The molecule has 3 heterocycles. The van der Waals surface area contributed by atoms with Crippen LogP contribution in [0.4, 0.5) is 0 Å². The van der Waals surface area contributed by atoms with Crippen LogP contribution in [0.25, 0.3) is 4.85 Å². The van der Waals surface area contributed by atoms with Crippen LogP contribution in [0, 0.1) is 51.4 Å². The first kappa shape index (κ1) is 52.5. The first-order chi connectivity index (χ1) is 33.0. The van der Waals surface area contributed by atoms with Gasteiger partial charge < -0.3 is 44.2 Å². The van der Waals surface area contributed by atoms with E-state index >= 15 is 0 Å². The van der Waals surface area contributed by atoms with Gasteiger partial charge in [0.25, 0.3) is 5.70 Å². The van der Waals surface area contributed by atoms with Crippen LogP contribution in [0.5, 0.6) is 0 Å². The SMILES string of the molecule is [C-]#[N+]/C(C(=O)OCC(COC(=O)/C(C#N)=C1\CC(C)(C)CC(N2CCCC2)=C1C(=O)O)COC(=O)/C(C#N)=C1\CC(C)(C)CC(N2CCCC2)=C1C(=O)O)=C1/CC(C)(C)CC(N2CCCC2)=C1C(=O)O. The highest BCUT2D eigenvalue weighted by Crippen LogP contribution is 2.48. The summed E-state index contributed by atoms with van der Waals surface area (Å²) in [5, 5.41) is 52.4. The lowest BCUT2D eigenvalue weighted by atomic mass is 9.72. The van der Waals surface area contributed by atoms with Crippen molar-refractivity contribution >= 4 is 35.8 Å². The Balaban J connectivity index is 1.35. The van der Waals surface area contributed by atoms with Crippen molar-refractivity contribution in [2.24, 2.45) is 22.2 Å². The molecule has 0 atom stereocenters. The summed E-state index contributed by atoms with van der Waals surface area (Å²) in [6, 6.07) is 3.72. The van der Waals surface area contributed by atoms with E-state index in [0.29, 0.717) is 75.6 Å². The molecule has 0 amide bonds. The number of likely N-dealkylation sites (tertiary alicyclic amines) is 3. The molecule has 374 valence electrons. The van der Waals surface area contributed by atoms with Gasteiger partial charge in [-0.1, -0.05) is 41.5 Å². The minimum absolute atomic E-state index is 0.00292. The Bertz CT molecular complexity index is 2260. The van der Waals surface area contributed by atoms with E-state index in [4.69, 9.17) is 20.8 Å². The molecule has 6 rings (SSSR count). The average Bonchev–Trinajstić information content (AvgIpc) is 4.11. The Morgan fingerprint density at radius 1 is 0.529 bits per heavy atom. The molecule has 0 bridgehead atoms. The topological polar surface area (TPSA) is 252 Å². The van der Waals surface area contributed by atoms with Gasteiger partial charge in [0.2, 0.25) is 0 Å². The molecule has 0 unspecified atom stereocenters. The molecule has 3 aliphatic heterocycles. The molecule has 18 heteroatoms. The largest absolute Gasteiger partial charge is 0.478 e. The van der Waals surface area contributed by atoms with E-state index in [9.17, 15) is 54.6 Å². The van der Waals surface area contributed by atoms with Gasteiger partial charge in [0.1, 0.15) is 36.5 Å². The lowest BCUT2D eigenvalue weighted by molar-refractivity contribution is -0.148. The predicted molar refractivity (Wildman–Crippen MR) is 251 cm³/mol. The molecular formula is C52H64N6O12. The molecule has 0 spiro atoms. The zero-order valence-corrected chi connectivity index (χ0v) is 41.1. The number of aliphatic carboxylic acids is 3. The van der Waals surface area contributed by atoms with Crippen LogP contribution in [0.1, 0.15) is 119 Å². The number of nitrogens with zero attached hydrogens (tertiary/aromatic N) is 6. The Labute approximate surface area is 409 Å². The molecular weight excluding hydrogens is 901 g/mol. The Kier molecular flexibility index (Phi) is 16.1. The van der Waals surface area contributed by atoms with Gasteiger partial charge in [-0.3, -0.25) is 4.79 Å². The second-order valence-electron chi connectivity index (χ2n) is 21.5. The van der Waals surface area contributed by atoms with Crippen molar-refractivity contribution in [3.8, 4) is 12.1 Å². The van der Waals surface area contributed by atoms with Crippen molar-refractivity contribution in [1.29, 1.82) is 10.5 Å². The molecule has 3 fully saturated rings. The van der Waals surface area contributed by atoms with Crippen LogP contribution in [-0.4, -0.2) is 125 Å². The number of hydrogen-bond acceptors (Lipinski definition) is 14. The molecule has 3 saturated heterocycles. The fourth-order valence-corrected chi connectivity index (χ4v) is 10.8. The van der Waals surface area contributed by atoms with E-state index in [-0.39, 0.29) is 52.7 Å². The summed E-state index contributed by atoms with van der Waals surface area (Å²) in [6.07, 6.45) is 6.52. The van der Waals surface area contributed by atoms with Crippen molar-refractivity contribution in [3.63, 3.8) is 0 Å². The lowest BCUT2D eigenvalue weighted by Crippen LogP contribution is -2.34. The van der Waals surface area contributed by atoms with Crippen LogP contribution in [-0.2, 0) is 43.0 Å². The van der Waals surface area contributed by atoms with Gasteiger partial charge in [-0.15, -0.1) is 0 Å². The van der Waals surface area contributed by atoms with Crippen molar-refractivity contribution in [1.82, 2.24) is 14.7 Å². The third kappa shape index (κ3) is 11.8. The fourth-order valence-electron chi connectivity index (χ4n) is 10.8. The quantitative estimate of drug-likeness (QED) is 0.0501. The maximum Gasteiger partial charge on any atom is 0.349 e. The molecule has 0 radical (unpaired) electrons. The number of carboxylic acid groups (broad SMARTS) is 3. The monoisotopic (exact) mass is 964 g/mol. The van der Waals surface area contributed by atoms with E-state index in [1.165, 1.54) is 0 Å². The molecule has 3 N–H and O–H groups in total. The highest BCUT2D eigenvalue weighted by molar-refractivity contribution is 6.02. The second-order valence-corrected chi connectivity index (χ2v) is 21.5. The van der Waals surface area contributed by atoms with E-state index < -0.39 is 94.6 Å². The maximum atomic E-state index is 14.0. The van der Waals surface area contributed by atoms with Crippen molar-refractivity contribution in [2.45, 2.75) is 119 Å². The Hall–Kier alpha value is -6.87. The normalized spacial score (nSPS) is 23.1. The first-order valence-corrected chi connectivity index (χ1v) is 24.1. The smallest absolute Gasteiger partial charge is 0.349 e. The highest BCUT2D eigenvalue weighted by Gasteiger charge is 2.43. The predicted octanol–water partition coefficient (Wildman–Crippen LogP) is 6.81. The van der Waals surface area contributed by atoms with Crippen LogP contribution in [0.15, 0.2) is 67.4 Å². The molecule has 18 nitrogen and oxygen atoms in total. The molecule has 3 aliphatic carbocycles. The number of allylic oxidation sites excluding steroid dienone is 3. The Morgan fingerprint density at radius 2 is 0.814 bits per heavy atom. The van der Waals surface area contributed by atoms with Gasteiger partial charge in [0.05, 0.1) is 35.8 Å². The van der Waals surface area contributed by atoms with Crippen molar-refractivity contribution < 1.29 is 58.3 Å². The summed E-state index contributed by atoms with van der Waals surface area (Å²) in [4.78, 5) is 90.1. The van der Waals surface area contributed by atoms with Gasteiger partial charge >= 0.3 is 35.8 Å². The lowest BCUT2D eigenvalue weighted by Gasteiger charge is -2.38. The van der Waals surface area contributed by atoms with E-state index in [2.05, 4.69) is 4.85 Å². The Morgan fingerprint density at radius 3 is 1.10 bits per heavy atom. The third-order valence-corrected chi connectivity index (χ3v) is 14.0. The van der Waals surface area contributed by atoms with E-state index in [1.54, 1.807) is 0 Å². The van der Waals surface area contributed by atoms with E-state index in [1.807, 2.05) is 68.4 Å². The maximum absolute atomic E-state index is 14.0. The van der Waals surface area contributed by atoms with Crippen LogP contribution in [0.3, 0.4) is 0 Å². The molecule has 0 aromatic heterocycles. The van der Waals surface area contributed by atoms with Crippen LogP contribution in [0.2, 0.25) is 0 Å². The summed E-state index contributed by atoms with van der Waals surface area (Å²) < 4.78 is 17.0. The average molecular weight is 965 g/mol. The summed E-state index contributed by atoms with van der Waals surface area (Å²) in [5.74, 6) is -8.71. The van der Waals surface area contributed by atoms with Gasteiger partial charge in [-0.2, -0.15) is 10.5 Å². The molecule has 70 heavy (non-hydrogen) atoms. The fraction of sp³-hybridized carbons (Fsp3) is 0.596. The van der Waals surface area contributed by atoms with Gasteiger partial charge in [-0.05, 0) is 110 Å². The number of nitriles is 2. The molecule has 0 saturated carbocycles. The molecule has 6 aliphatic rings. The number of esters is 3. The van der Waals surface area contributed by atoms with Gasteiger partial charge in [0.15, 0.2) is 0 Å². The third-order valence-electron chi connectivity index (χ3n) is 14.0. The zero-order valence-electron chi connectivity index (χ0n) is 41.1. The van der Waals surface area contributed by atoms with Crippen molar-refractivity contribution in [3.05, 3.63) is 78.8 Å². The standard InChI is InChI=1S/C52H64N6O12/c1-50(2)20-32(40(44(59)60)37(23-50)56-14-8-9-15-56)35(26-53)47(65)68-28-31(29-69-48(66)36(27-54)33-21-51(3,4)24-38(41(33)45(61)62)57-16-10-11-17-57)30-70-49(67)43(55-7)34-22-52(5,6)25-39(42(34)46(63)64)58-18-12-13-19-58/h31H,8-25,28-30H2,1-6H3,(H,59,60)(H,61,62)(H,63,64)/b35-32+,36-33+,43-34-. The van der Waals surface area contributed by atoms with Gasteiger partial charge in [0, 0.05) is 56.4 Å². The minimum atomic E-state index is -1.30. The first-order valence-electron chi connectivity index (χ1n) is 24.1. The number of rotatable bonds is 15. The number of carbonyl (C=O) groups excluding carboxylic acids is 3. The summed E-state index contributed by atoms with van der Waals surface area (Å²) >= 11 is 0. The van der Waals surface area contributed by atoms with Crippen molar-refractivity contribution in [2.75, 3.05) is 59.1 Å². The van der Waals surface area contributed by atoms with Crippen LogP contribution < -0.4 is 0 Å². The van der Waals surface area contributed by atoms with E-state index in [0.717, 1.165) is 38.5 Å². The molecule has 0 aromatic carbocycles.